The van der Waals surface area contributed by atoms with Gasteiger partial charge in [-0.15, -0.1) is 17.7 Å². The third kappa shape index (κ3) is 2.09. The molecule has 66 valence electrons. The molecule has 0 fully saturated rings. The Morgan fingerprint density at radius 2 is 2.00 bits per heavy atom. The molecule has 0 bridgehead atoms. The van der Waals surface area contributed by atoms with Crippen molar-refractivity contribution in [3.63, 3.8) is 0 Å². The van der Waals surface area contributed by atoms with Gasteiger partial charge in [0.15, 0.2) is 0 Å². The molecule has 0 saturated carbocycles. The van der Waals surface area contributed by atoms with Gasteiger partial charge in [-0.05, 0) is 5.56 Å². The van der Waals surface area contributed by atoms with Gasteiger partial charge in [0.2, 0.25) is 0 Å². The molecule has 0 aliphatic rings. The summed E-state index contributed by atoms with van der Waals surface area (Å²) in [6, 6.07) is 10.1. The summed E-state index contributed by atoms with van der Waals surface area (Å²) < 4.78 is 1.76. The second kappa shape index (κ2) is 3.62. The molecule has 1 aromatic heterocycles. The lowest BCUT2D eigenvalue weighted by atomic mass is 10.2. The SMILES string of the molecule is Sc1cn(Cc2ccccc2)nn1. The van der Waals surface area contributed by atoms with Crippen LogP contribution in [-0.4, -0.2) is 15.0 Å². The minimum absolute atomic E-state index is 0.649. The van der Waals surface area contributed by atoms with Crippen LogP contribution in [0.25, 0.3) is 0 Å². The average Bonchev–Trinajstić information content (AvgIpc) is 2.53. The van der Waals surface area contributed by atoms with Crippen LogP contribution in [0, 0.1) is 0 Å². The van der Waals surface area contributed by atoms with Crippen LogP contribution in [0.15, 0.2) is 41.6 Å². The van der Waals surface area contributed by atoms with E-state index in [1.54, 1.807) is 10.9 Å². The van der Waals surface area contributed by atoms with Gasteiger partial charge in [0.05, 0.1) is 12.7 Å². The second-order valence-electron chi connectivity index (χ2n) is 2.76. The zero-order valence-corrected chi connectivity index (χ0v) is 7.85. The predicted octanol–water partition coefficient (Wildman–Crippen LogP) is 1.62. The zero-order chi connectivity index (χ0) is 9.10. The van der Waals surface area contributed by atoms with E-state index in [2.05, 4.69) is 35.1 Å². The molecule has 0 N–H and O–H groups in total. The quantitative estimate of drug-likeness (QED) is 0.731. The normalized spacial score (nSPS) is 10.2. The van der Waals surface area contributed by atoms with E-state index in [0.717, 1.165) is 6.54 Å². The van der Waals surface area contributed by atoms with Gasteiger partial charge in [-0.2, -0.15) is 0 Å². The third-order valence-electron chi connectivity index (χ3n) is 1.71. The molecule has 2 rings (SSSR count). The van der Waals surface area contributed by atoms with E-state index in [-0.39, 0.29) is 0 Å². The molecule has 1 heterocycles. The first kappa shape index (κ1) is 8.31. The van der Waals surface area contributed by atoms with Gasteiger partial charge in [-0.3, -0.25) is 0 Å². The molecule has 2 aromatic rings. The summed E-state index contributed by atoms with van der Waals surface area (Å²) in [5, 5.41) is 8.34. The van der Waals surface area contributed by atoms with Gasteiger partial charge >= 0.3 is 0 Å². The zero-order valence-electron chi connectivity index (χ0n) is 6.96. The van der Waals surface area contributed by atoms with Gasteiger partial charge in [-0.1, -0.05) is 35.5 Å². The van der Waals surface area contributed by atoms with Crippen LogP contribution in [0.4, 0.5) is 0 Å². The number of aromatic nitrogens is 3. The van der Waals surface area contributed by atoms with E-state index >= 15 is 0 Å². The summed E-state index contributed by atoms with van der Waals surface area (Å²) in [6.07, 6.45) is 1.80. The van der Waals surface area contributed by atoms with E-state index in [0.29, 0.717) is 5.03 Å². The van der Waals surface area contributed by atoms with Crippen molar-refractivity contribution in [1.29, 1.82) is 0 Å². The highest BCUT2D eigenvalue weighted by molar-refractivity contribution is 7.80. The van der Waals surface area contributed by atoms with Crippen molar-refractivity contribution >= 4 is 12.6 Å². The summed E-state index contributed by atoms with van der Waals surface area (Å²) >= 11 is 4.08. The maximum Gasteiger partial charge on any atom is 0.135 e. The van der Waals surface area contributed by atoms with Gasteiger partial charge in [0, 0.05) is 0 Å². The molecule has 0 amide bonds. The molecule has 0 aliphatic carbocycles. The molecule has 1 aromatic carbocycles. The average molecular weight is 191 g/mol. The molecule has 0 aliphatic heterocycles. The Bertz CT molecular complexity index is 383. The molecule has 3 nitrogen and oxygen atoms in total. The predicted molar refractivity (Wildman–Crippen MR) is 52.8 cm³/mol. The Labute approximate surface area is 81.8 Å². The number of benzene rings is 1. The van der Waals surface area contributed by atoms with Crippen molar-refractivity contribution in [2.24, 2.45) is 0 Å². The van der Waals surface area contributed by atoms with Gasteiger partial charge < -0.3 is 0 Å². The summed E-state index contributed by atoms with van der Waals surface area (Å²) in [6.45, 7) is 0.744. The summed E-state index contributed by atoms with van der Waals surface area (Å²) in [5.74, 6) is 0. The summed E-state index contributed by atoms with van der Waals surface area (Å²) in [4.78, 5) is 0. The highest BCUT2D eigenvalue weighted by atomic mass is 32.1. The van der Waals surface area contributed by atoms with Crippen molar-refractivity contribution in [3.05, 3.63) is 42.1 Å². The third-order valence-corrected chi connectivity index (χ3v) is 1.92. The van der Waals surface area contributed by atoms with Crippen LogP contribution < -0.4 is 0 Å². The van der Waals surface area contributed by atoms with Gasteiger partial charge in [0.25, 0.3) is 0 Å². The van der Waals surface area contributed by atoms with Crippen molar-refractivity contribution < 1.29 is 0 Å². The number of hydrogen-bond donors (Lipinski definition) is 1. The molecular formula is C9H9N3S. The number of thiol groups is 1. The molecule has 0 spiro atoms. The number of hydrogen-bond acceptors (Lipinski definition) is 3. The fourth-order valence-electron chi connectivity index (χ4n) is 1.14. The van der Waals surface area contributed by atoms with Gasteiger partial charge in [0.1, 0.15) is 5.03 Å². The largest absolute Gasteiger partial charge is 0.247 e. The maximum absolute atomic E-state index is 4.08. The highest BCUT2D eigenvalue weighted by Gasteiger charge is 1.96. The standard InChI is InChI=1S/C9H9N3S/c13-9-7-12(11-10-9)6-8-4-2-1-3-5-8/h1-5,7,13H,6H2. The first-order valence-electron chi connectivity index (χ1n) is 3.97. The molecule has 4 heteroatoms. The molecule has 13 heavy (non-hydrogen) atoms. The van der Waals surface area contributed by atoms with Crippen molar-refractivity contribution in [2.45, 2.75) is 11.6 Å². The van der Waals surface area contributed by atoms with Crippen LogP contribution in [0.1, 0.15) is 5.56 Å². The lowest BCUT2D eigenvalue weighted by Gasteiger charge is -1.98. The van der Waals surface area contributed by atoms with E-state index in [4.69, 9.17) is 0 Å². The fourth-order valence-corrected chi connectivity index (χ4v) is 1.31. The highest BCUT2D eigenvalue weighted by Crippen LogP contribution is 2.03. The first-order valence-corrected chi connectivity index (χ1v) is 4.42. The lowest BCUT2D eigenvalue weighted by molar-refractivity contribution is 0.649. The molecule has 0 radical (unpaired) electrons. The second-order valence-corrected chi connectivity index (χ2v) is 3.22. The van der Waals surface area contributed by atoms with Crippen LogP contribution in [-0.2, 0) is 6.54 Å². The van der Waals surface area contributed by atoms with Crippen molar-refractivity contribution in [2.75, 3.05) is 0 Å². The van der Waals surface area contributed by atoms with E-state index in [1.807, 2.05) is 18.2 Å². The minimum Gasteiger partial charge on any atom is -0.247 e. The van der Waals surface area contributed by atoms with E-state index < -0.39 is 0 Å². The Balaban J connectivity index is 2.15. The lowest BCUT2D eigenvalue weighted by Crippen LogP contribution is -1.99. The molecular weight excluding hydrogens is 182 g/mol. The summed E-state index contributed by atoms with van der Waals surface area (Å²) in [7, 11) is 0. The Kier molecular flexibility index (Phi) is 2.31. The van der Waals surface area contributed by atoms with Crippen LogP contribution in [0.2, 0.25) is 0 Å². The van der Waals surface area contributed by atoms with E-state index in [1.165, 1.54) is 5.56 Å². The van der Waals surface area contributed by atoms with Crippen LogP contribution >= 0.6 is 12.6 Å². The van der Waals surface area contributed by atoms with Crippen molar-refractivity contribution in [1.82, 2.24) is 15.0 Å². The maximum atomic E-state index is 4.08. The summed E-state index contributed by atoms with van der Waals surface area (Å²) in [5.41, 5.74) is 1.21. The van der Waals surface area contributed by atoms with E-state index in [9.17, 15) is 0 Å². The Morgan fingerprint density at radius 1 is 1.23 bits per heavy atom. The Hall–Kier alpha value is -1.29. The number of rotatable bonds is 2. The van der Waals surface area contributed by atoms with Crippen molar-refractivity contribution in [3.8, 4) is 0 Å². The van der Waals surface area contributed by atoms with Crippen LogP contribution in [0.3, 0.4) is 0 Å². The molecule has 0 saturated heterocycles. The minimum atomic E-state index is 0.649. The Morgan fingerprint density at radius 3 is 2.62 bits per heavy atom. The van der Waals surface area contributed by atoms with Crippen LogP contribution in [0.5, 0.6) is 0 Å². The smallest absolute Gasteiger partial charge is 0.135 e. The molecule has 0 unspecified atom stereocenters. The topological polar surface area (TPSA) is 30.7 Å². The fraction of sp³-hybridized carbons (Fsp3) is 0.111. The number of nitrogens with zero attached hydrogens (tertiary/aromatic N) is 3. The molecule has 0 atom stereocenters. The first-order chi connectivity index (χ1) is 6.34. The monoisotopic (exact) mass is 191 g/mol. The van der Waals surface area contributed by atoms with Gasteiger partial charge in [-0.25, -0.2) is 4.68 Å².